The average Bonchev–Trinajstić information content (AvgIpc) is 3.29. The largest absolute Gasteiger partial charge is 0.0986 e. The molecule has 5 rings (SSSR count). The number of benzene rings is 2. The lowest BCUT2D eigenvalue weighted by atomic mass is 9.74. The first kappa shape index (κ1) is 27.0. The van der Waals surface area contributed by atoms with Gasteiger partial charge in [0.2, 0.25) is 0 Å². The van der Waals surface area contributed by atoms with E-state index in [1.165, 1.54) is 94.2 Å². The van der Waals surface area contributed by atoms with Crippen LogP contribution in [0.4, 0.5) is 0 Å². The highest BCUT2D eigenvalue weighted by molar-refractivity contribution is 5.80. The Balaban J connectivity index is 1.51. The standard InChI is InChI=1S/C38H48/c1-24-17-25(2)28(5)35(27(24)4)21-30-19-31-15-12-16-33(36(31)22-30)37-23-32(38(6,7)8)18-26(3)34(37)20-29-13-10-9-11-14-29/h12,15-19,23-24,29,35H,4-5,9-11,13-14,20-22H2,1-3,6-8H3. The fraction of sp³-hybridized carbons (Fsp3) is 0.474. The van der Waals surface area contributed by atoms with E-state index in [1.807, 2.05) is 0 Å². The van der Waals surface area contributed by atoms with Crippen LogP contribution in [0.3, 0.4) is 0 Å². The zero-order valence-corrected chi connectivity index (χ0v) is 24.8. The smallest absolute Gasteiger partial charge is 0.00853 e. The molecule has 0 heteroatoms. The molecule has 3 aliphatic rings. The van der Waals surface area contributed by atoms with E-state index in [1.54, 1.807) is 5.56 Å². The third kappa shape index (κ3) is 5.29. The SMILES string of the molecule is C=C1C(C)=CC(C)C(=C)C1CC1=Cc2cccc(-c3cc(C(C)(C)C)cc(C)c3CC3CCCCC3)c2C1. The Morgan fingerprint density at radius 3 is 2.37 bits per heavy atom. The molecule has 0 spiro atoms. The fourth-order valence-electron chi connectivity index (χ4n) is 7.18. The summed E-state index contributed by atoms with van der Waals surface area (Å²) < 4.78 is 0. The Morgan fingerprint density at radius 1 is 0.921 bits per heavy atom. The van der Waals surface area contributed by atoms with Gasteiger partial charge in [0.25, 0.3) is 0 Å². The van der Waals surface area contributed by atoms with Gasteiger partial charge in [0.05, 0.1) is 0 Å². The van der Waals surface area contributed by atoms with Gasteiger partial charge in [0, 0.05) is 5.92 Å². The lowest BCUT2D eigenvalue weighted by Crippen LogP contribution is -2.18. The molecule has 2 aromatic carbocycles. The number of hydrogen-bond acceptors (Lipinski definition) is 0. The summed E-state index contributed by atoms with van der Waals surface area (Å²) in [7, 11) is 0. The first-order chi connectivity index (χ1) is 18.0. The molecule has 2 atom stereocenters. The predicted molar refractivity (Wildman–Crippen MR) is 167 cm³/mol. The Labute approximate surface area is 232 Å². The van der Waals surface area contributed by atoms with Crippen LogP contribution in [-0.4, -0.2) is 0 Å². The number of allylic oxidation sites excluding steroid dienone is 5. The first-order valence-corrected chi connectivity index (χ1v) is 15.0. The van der Waals surface area contributed by atoms with Gasteiger partial charge >= 0.3 is 0 Å². The Morgan fingerprint density at radius 2 is 1.66 bits per heavy atom. The van der Waals surface area contributed by atoms with Crippen molar-refractivity contribution in [1.29, 1.82) is 0 Å². The van der Waals surface area contributed by atoms with Gasteiger partial charge in [-0.05, 0) is 94.9 Å². The van der Waals surface area contributed by atoms with Crippen molar-refractivity contribution >= 4 is 6.08 Å². The van der Waals surface area contributed by atoms with Crippen LogP contribution < -0.4 is 0 Å². The highest BCUT2D eigenvalue weighted by Gasteiger charge is 2.29. The summed E-state index contributed by atoms with van der Waals surface area (Å²) in [5, 5.41) is 0. The molecule has 0 heterocycles. The average molecular weight is 505 g/mol. The summed E-state index contributed by atoms with van der Waals surface area (Å²) >= 11 is 0. The minimum absolute atomic E-state index is 0.133. The van der Waals surface area contributed by atoms with Crippen molar-refractivity contribution in [2.24, 2.45) is 17.8 Å². The van der Waals surface area contributed by atoms with Crippen LogP contribution in [0.5, 0.6) is 0 Å². The molecular formula is C38H48. The van der Waals surface area contributed by atoms with Crippen molar-refractivity contribution in [3.63, 3.8) is 0 Å². The highest BCUT2D eigenvalue weighted by atomic mass is 14.3. The summed E-state index contributed by atoms with van der Waals surface area (Å²) in [4.78, 5) is 0. The van der Waals surface area contributed by atoms with Crippen molar-refractivity contribution in [1.82, 2.24) is 0 Å². The molecule has 1 saturated carbocycles. The lowest BCUT2D eigenvalue weighted by molar-refractivity contribution is 0.356. The van der Waals surface area contributed by atoms with Crippen molar-refractivity contribution in [2.45, 2.75) is 98.3 Å². The normalized spacial score (nSPS) is 22.4. The summed E-state index contributed by atoms with van der Waals surface area (Å²) in [5.74, 6) is 1.61. The maximum Gasteiger partial charge on any atom is 0.00853 e. The Hall–Kier alpha value is -2.60. The molecule has 0 nitrogen and oxygen atoms in total. The molecule has 0 radical (unpaired) electrons. The quantitative estimate of drug-likeness (QED) is 0.355. The molecule has 1 fully saturated rings. The lowest BCUT2D eigenvalue weighted by Gasteiger charge is -2.31. The van der Waals surface area contributed by atoms with E-state index in [0.717, 1.165) is 18.8 Å². The van der Waals surface area contributed by atoms with Crippen LogP contribution in [0, 0.1) is 24.7 Å². The van der Waals surface area contributed by atoms with Gasteiger partial charge < -0.3 is 0 Å². The van der Waals surface area contributed by atoms with E-state index in [2.05, 4.69) is 97.2 Å². The van der Waals surface area contributed by atoms with Crippen LogP contribution in [0.15, 0.2) is 71.9 Å². The van der Waals surface area contributed by atoms with E-state index in [-0.39, 0.29) is 5.41 Å². The van der Waals surface area contributed by atoms with Crippen molar-refractivity contribution in [2.75, 3.05) is 0 Å². The van der Waals surface area contributed by atoms with Crippen LogP contribution in [0.2, 0.25) is 0 Å². The minimum atomic E-state index is 0.133. The predicted octanol–water partition coefficient (Wildman–Crippen LogP) is 10.7. The van der Waals surface area contributed by atoms with Crippen LogP contribution in [-0.2, 0) is 18.3 Å². The van der Waals surface area contributed by atoms with Gasteiger partial charge in [-0.15, -0.1) is 0 Å². The van der Waals surface area contributed by atoms with E-state index in [0.29, 0.717) is 11.8 Å². The summed E-state index contributed by atoms with van der Waals surface area (Å²) in [6.45, 7) is 22.9. The maximum atomic E-state index is 4.49. The van der Waals surface area contributed by atoms with Crippen molar-refractivity contribution in [3.8, 4) is 11.1 Å². The molecule has 200 valence electrons. The minimum Gasteiger partial charge on any atom is -0.0986 e. The second kappa shape index (κ2) is 10.5. The van der Waals surface area contributed by atoms with E-state index < -0.39 is 0 Å². The van der Waals surface area contributed by atoms with Crippen LogP contribution in [0.1, 0.15) is 101 Å². The molecule has 2 unspecified atom stereocenters. The van der Waals surface area contributed by atoms with Gasteiger partial charge in [-0.1, -0.05) is 132 Å². The Bertz CT molecular complexity index is 1310. The van der Waals surface area contributed by atoms with Gasteiger partial charge in [-0.2, -0.15) is 0 Å². The van der Waals surface area contributed by atoms with E-state index in [4.69, 9.17) is 0 Å². The summed E-state index contributed by atoms with van der Waals surface area (Å²) in [6.07, 6.45) is 15.1. The Kier molecular flexibility index (Phi) is 7.47. The number of fused-ring (bicyclic) bond motifs is 1. The van der Waals surface area contributed by atoms with E-state index >= 15 is 0 Å². The molecule has 3 aliphatic carbocycles. The topological polar surface area (TPSA) is 0 Å². The third-order valence-corrected chi connectivity index (χ3v) is 9.75. The number of aryl methyl sites for hydroxylation is 1. The van der Waals surface area contributed by atoms with Gasteiger partial charge in [-0.3, -0.25) is 0 Å². The fourth-order valence-corrected chi connectivity index (χ4v) is 7.18. The molecule has 0 aliphatic heterocycles. The van der Waals surface area contributed by atoms with Crippen molar-refractivity contribution in [3.05, 3.63) is 99.7 Å². The molecule has 38 heavy (non-hydrogen) atoms. The van der Waals surface area contributed by atoms with Gasteiger partial charge in [0.15, 0.2) is 0 Å². The van der Waals surface area contributed by atoms with Crippen LogP contribution in [0.25, 0.3) is 17.2 Å². The molecule has 2 aromatic rings. The molecule has 0 bridgehead atoms. The van der Waals surface area contributed by atoms with Crippen molar-refractivity contribution < 1.29 is 0 Å². The van der Waals surface area contributed by atoms with E-state index in [9.17, 15) is 0 Å². The van der Waals surface area contributed by atoms with Gasteiger partial charge in [-0.25, -0.2) is 0 Å². The highest BCUT2D eigenvalue weighted by Crippen LogP contribution is 2.44. The summed E-state index contributed by atoms with van der Waals surface area (Å²) in [5.41, 5.74) is 16.0. The molecule has 0 aromatic heterocycles. The first-order valence-electron chi connectivity index (χ1n) is 15.0. The molecule has 0 saturated heterocycles. The second-order valence-electron chi connectivity index (χ2n) is 13.6. The molecular weight excluding hydrogens is 456 g/mol. The number of rotatable bonds is 5. The van der Waals surface area contributed by atoms with Gasteiger partial charge in [0.1, 0.15) is 0 Å². The zero-order valence-electron chi connectivity index (χ0n) is 24.8. The zero-order chi connectivity index (χ0) is 27.2. The maximum absolute atomic E-state index is 4.49. The molecule has 0 amide bonds. The third-order valence-electron chi connectivity index (χ3n) is 9.75. The molecule has 0 N–H and O–H groups in total. The monoisotopic (exact) mass is 504 g/mol. The van der Waals surface area contributed by atoms with Crippen LogP contribution >= 0.6 is 0 Å². The number of hydrogen-bond donors (Lipinski definition) is 0. The second-order valence-corrected chi connectivity index (χ2v) is 13.6. The summed E-state index contributed by atoms with van der Waals surface area (Å²) in [6, 6.07) is 12.0.